The fraction of sp³-hybridized carbons (Fsp3) is 0.333. The van der Waals surface area contributed by atoms with Gasteiger partial charge < -0.3 is 5.32 Å². The first-order valence-electron chi connectivity index (χ1n) is 7.56. The van der Waals surface area contributed by atoms with Crippen LogP contribution >= 0.6 is 0 Å². The summed E-state index contributed by atoms with van der Waals surface area (Å²) in [6.07, 6.45) is 8.17. The van der Waals surface area contributed by atoms with E-state index in [-0.39, 0.29) is 11.9 Å². The van der Waals surface area contributed by atoms with Crippen LogP contribution in [0.4, 0.5) is 0 Å². The van der Waals surface area contributed by atoms with E-state index in [2.05, 4.69) is 28.5 Å². The Balaban J connectivity index is 1.73. The molecule has 1 aliphatic carbocycles. The van der Waals surface area contributed by atoms with Crippen molar-refractivity contribution < 1.29 is 4.79 Å². The highest BCUT2D eigenvalue weighted by atomic mass is 16.1. The molecule has 21 heavy (non-hydrogen) atoms. The molecule has 1 N–H and O–H groups in total. The summed E-state index contributed by atoms with van der Waals surface area (Å²) >= 11 is 0. The molecular formula is C18H20N2O. The summed E-state index contributed by atoms with van der Waals surface area (Å²) in [5, 5.41) is 3.04. The number of amides is 1. The molecule has 1 aliphatic rings. The predicted molar refractivity (Wildman–Crippen MR) is 83.2 cm³/mol. The van der Waals surface area contributed by atoms with Gasteiger partial charge in [0.05, 0.1) is 11.6 Å². The number of nitrogens with one attached hydrogen (secondary N) is 1. The van der Waals surface area contributed by atoms with Crippen LogP contribution in [-0.4, -0.2) is 10.9 Å². The molecule has 0 fully saturated rings. The molecule has 0 radical (unpaired) electrons. The number of hydrogen-bond donors (Lipinski definition) is 1. The lowest BCUT2D eigenvalue weighted by Gasteiger charge is -2.20. The van der Waals surface area contributed by atoms with Crippen LogP contribution in [0.1, 0.15) is 52.9 Å². The Bertz CT molecular complexity index is 637. The highest BCUT2D eigenvalue weighted by Gasteiger charge is 2.14. The second-order valence-corrected chi connectivity index (χ2v) is 5.67. The Morgan fingerprint density at radius 3 is 2.76 bits per heavy atom. The second kappa shape index (κ2) is 6.08. The number of carbonyl (C=O) groups excluding carboxylic acids is 1. The SMILES string of the molecule is C[C@H](NC(=O)c1cccnc1)c1ccc2c(c1)CCCC2. The standard InChI is InChI=1S/C18H20N2O/c1-13(20-18(21)17-7-4-10-19-12-17)15-9-8-14-5-2-3-6-16(14)11-15/h4,7-13H,2-3,5-6H2,1H3,(H,20,21)/t13-/m0/s1. The van der Waals surface area contributed by atoms with Crippen molar-refractivity contribution in [3.8, 4) is 0 Å². The van der Waals surface area contributed by atoms with Gasteiger partial charge in [-0.3, -0.25) is 9.78 Å². The molecule has 0 saturated carbocycles. The van der Waals surface area contributed by atoms with Gasteiger partial charge in [0.1, 0.15) is 0 Å². The van der Waals surface area contributed by atoms with Crippen LogP contribution in [0.3, 0.4) is 0 Å². The first-order chi connectivity index (χ1) is 10.2. The molecule has 108 valence electrons. The number of hydrogen-bond acceptors (Lipinski definition) is 2. The average Bonchev–Trinajstić information content (AvgIpc) is 2.55. The number of carbonyl (C=O) groups is 1. The zero-order chi connectivity index (χ0) is 14.7. The Morgan fingerprint density at radius 1 is 1.19 bits per heavy atom. The van der Waals surface area contributed by atoms with Crippen molar-refractivity contribution in [3.05, 3.63) is 65.0 Å². The van der Waals surface area contributed by atoms with Gasteiger partial charge in [0.25, 0.3) is 5.91 Å². The number of pyridine rings is 1. The molecule has 3 heteroatoms. The van der Waals surface area contributed by atoms with Crippen molar-refractivity contribution in [1.82, 2.24) is 10.3 Å². The van der Waals surface area contributed by atoms with Gasteiger partial charge in [-0.25, -0.2) is 0 Å². The zero-order valence-corrected chi connectivity index (χ0v) is 12.3. The summed E-state index contributed by atoms with van der Waals surface area (Å²) in [4.78, 5) is 16.1. The third-order valence-corrected chi connectivity index (χ3v) is 4.14. The molecule has 0 spiro atoms. The number of nitrogens with zero attached hydrogens (tertiary/aromatic N) is 1. The van der Waals surface area contributed by atoms with Gasteiger partial charge in [-0.15, -0.1) is 0 Å². The molecule has 3 nitrogen and oxygen atoms in total. The number of aryl methyl sites for hydroxylation is 2. The Labute approximate surface area is 125 Å². The van der Waals surface area contributed by atoms with Gasteiger partial charge in [-0.05, 0) is 61.4 Å². The summed E-state index contributed by atoms with van der Waals surface area (Å²) in [6.45, 7) is 2.03. The van der Waals surface area contributed by atoms with Crippen LogP contribution in [0.2, 0.25) is 0 Å². The fourth-order valence-corrected chi connectivity index (χ4v) is 2.88. The van der Waals surface area contributed by atoms with Gasteiger partial charge in [0.2, 0.25) is 0 Å². The topological polar surface area (TPSA) is 42.0 Å². The fourth-order valence-electron chi connectivity index (χ4n) is 2.88. The first kappa shape index (κ1) is 13.8. The molecule has 1 aromatic carbocycles. The first-order valence-corrected chi connectivity index (χ1v) is 7.56. The number of rotatable bonds is 3. The lowest BCUT2D eigenvalue weighted by Crippen LogP contribution is -2.26. The molecule has 0 bridgehead atoms. The normalized spacial score (nSPS) is 15.1. The van der Waals surface area contributed by atoms with E-state index in [1.165, 1.54) is 36.0 Å². The second-order valence-electron chi connectivity index (χ2n) is 5.67. The molecule has 3 rings (SSSR count). The summed E-state index contributed by atoms with van der Waals surface area (Å²) in [7, 11) is 0. The van der Waals surface area contributed by atoms with Gasteiger partial charge in [0.15, 0.2) is 0 Å². The smallest absolute Gasteiger partial charge is 0.253 e. The van der Waals surface area contributed by atoms with Crippen molar-refractivity contribution in [2.45, 2.75) is 38.6 Å². The van der Waals surface area contributed by atoms with Crippen molar-refractivity contribution in [3.63, 3.8) is 0 Å². The minimum absolute atomic E-state index is 0.00457. The van der Waals surface area contributed by atoms with Crippen LogP contribution < -0.4 is 5.32 Å². The van der Waals surface area contributed by atoms with Crippen LogP contribution in [0.5, 0.6) is 0 Å². The molecule has 1 amide bonds. The van der Waals surface area contributed by atoms with E-state index in [4.69, 9.17) is 0 Å². The molecule has 0 aliphatic heterocycles. The summed E-state index contributed by atoms with van der Waals surface area (Å²) in [5.74, 6) is -0.0756. The van der Waals surface area contributed by atoms with E-state index in [0.717, 1.165) is 6.42 Å². The summed E-state index contributed by atoms with van der Waals surface area (Å²) < 4.78 is 0. The maximum Gasteiger partial charge on any atom is 0.253 e. The van der Waals surface area contributed by atoms with E-state index >= 15 is 0 Å². The van der Waals surface area contributed by atoms with Crippen molar-refractivity contribution in [2.24, 2.45) is 0 Å². The van der Waals surface area contributed by atoms with Crippen LogP contribution in [-0.2, 0) is 12.8 Å². The van der Waals surface area contributed by atoms with Crippen LogP contribution in [0, 0.1) is 0 Å². The van der Waals surface area contributed by atoms with Crippen LogP contribution in [0.15, 0.2) is 42.7 Å². The van der Waals surface area contributed by atoms with Crippen molar-refractivity contribution in [1.29, 1.82) is 0 Å². The average molecular weight is 280 g/mol. The van der Waals surface area contributed by atoms with Gasteiger partial charge in [-0.2, -0.15) is 0 Å². The minimum atomic E-state index is -0.0756. The van der Waals surface area contributed by atoms with Gasteiger partial charge in [0, 0.05) is 12.4 Å². The molecule has 1 heterocycles. The maximum absolute atomic E-state index is 12.2. The molecule has 0 saturated heterocycles. The zero-order valence-electron chi connectivity index (χ0n) is 12.3. The Hall–Kier alpha value is -2.16. The molecular weight excluding hydrogens is 260 g/mol. The number of aromatic nitrogens is 1. The molecule has 1 aromatic heterocycles. The highest BCUT2D eigenvalue weighted by molar-refractivity contribution is 5.94. The third-order valence-electron chi connectivity index (χ3n) is 4.14. The quantitative estimate of drug-likeness (QED) is 0.935. The Morgan fingerprint density at radius 2 is 2.00 bits per heavy atom. The summed E-state index contributed by atoms with van der Waals surface area (Å²) in [6, 6.07) is 10.2. The number of fused-ring (bicyclic) bond motifs is 1. The Kier molecular flexibility index (Phi) is 4.00. The molecule has 0 unspecified atom stereocenters. The van der Waals surface area contributed by atoms with E-state index in [1.54, 1.807) is 24.5 Å². The van der Waals surface area contributed by atoms with E-state index in [0.29, 0.717) is 5.56 Å². The largest absolute Gasteiger partial charge is 0.345 e. The monoisotopic (exact) mass is 280 g/mol. The predicted octanol–water partition coefficient (Wildman–Crippen LogP) is 3.45. The van der Waals surface area contributed by atoms with E-state index < -0.39 is 0 Å². The van der Waals surface area contributed by atoms with E-state index in [1.807, 2.05) is 6.92 Å². The molecule has 2 aromatic rings. The van der Waals surface area contributed by atoms with Crippen LogP contribution in [0.25, 0.3) is 0 Å². The molecule has 1 atom stereocenters. The highest BCUT2D eigenvalue weighted by Crippen LogP contribution is 2.24. The lowest BCUT2D eigenvalue weighted by atomic mass is 9.89. The van der Waals surface area contributed by atoms with Crippen molar-refractivity contribution >= 4 is 5.91 Å². The van der Waals surface area contributed by atoms with Gasteiger partial charge >= 0.3 is 0 Å². The lowest BCUT2D eigenvalue weighted by molar-refractivity contribution is 0.0939. The maximum atomic E-state index is 12.2. The minimum Gasteiger partial charge on any atom is -0.345 e. The van der Waals surface area contributed by atoms with Crippen molar-refractivity contribution in [2.75, 3.05) is 0 Å². The van der Waals surface area contributed by atoms with Gasteiger partial charge in [-0.1, -0.05) is 18.2 Å². The summed E-state index contributed by atoms with van der Waals surface area (Å²) in [5.41, 5.74) is 4.69. The third kappa shape index (κ3) is 3.13. The number of benzene rings is 1. The van der Waals surface area contributed by atoms with E-state index in [9.17, 15) is 4.79 Å².